The van der Waals surface area contributed by atoms with E-state index in [2.05, 4.69) is 30.3 Å². The van der Waals surface area contributed by atoms with Crippen LogP contribution in [0.4, 0.5) is 0 Å². The molecule has 4 aromatic carbocycles. The van der Waals surface area contributed by atoms with Gasteiger partial charge in [-0.25, -0.2) is 0 Å². The Labute approximate surface area is 152 Å². The summed E-state index contributed by atoms with van der Waals surface area (Å²) in [4.78, 5) is 0. The molecule has 0 N–H and O–H groups in total. The monoisotopic (exact) mass is 336 g/mol. The maximum absolute atomic E-state index is 6.28. The van der Waals surface area contributed by atoms with E-state index >= 15 is 0 Å². The van der Waals surface area contributed by atoms with Gasteiger partial charge in [0.2, 0.25) is 0 Å². The summed E-state index contributed by atoms with van der Waals surface area (Å²) in [6.07, 6.45) is 0. The van der Waals surface area contributed by atoms with Gasteiger partial charge in [0.15, 0.2) is 11.5 Å². The molecule has 0 heterocycles. The normalized spacial score (nSPS) is 11.1. The van der Waals surface area contributed by atoms with Gasteiger partial charge in [-0.3, -0.25) is 0 Å². The Hall–Kier alpha value is -3.52. The minimum atomic E-state index is 0.716. The number of hydrogen-bond acceptors (Lipinski definition) is 2. The van der Waals surface area contributed by atoms with E-state index < -0.39 is 0 Å². The predicted octanol–water partition coefficient (Wildman–Crippen LogP) is 6.92. The fourth-order valence-corrected chi connectivity index (χ4v) is 3.33. The van der Waals surface area contributed by atoms with Crippen LogP contribution in [0.1, 0.15) is 0 Å². The number of benzene rings is 4. The van der Waals surface area contributed by atoms with Gasteiger partial charge in [-0.15, -0.1) is 0 Å². The van der Waals surface area contributed by atoms with Crippen molar-refractivity contribution in [2.24, 2.45) is 0 Å². The molecule has 0 saturated heterocycles. The largest absolute Gasteiger partial charge is 0.453 e. The third-order valence-corrected chi connectivity index (χ3v) is 4.54. The lowest BCUT2D eigenvalue weighted by atomic mass is 9.80. The Morgan fingerprint density at radius 3 is 1.69 bits per heavy atom. The molecular formula is C24H16O2. The number of fused-ring (bicyclic) bond motifs is 4. The highest BCUT2D eigenvalue weighted by atomic mass is 16.5. The van der Waals surface area contributed by atoms with E-state index in [1.54, 1.807) is 0 Å². The summed E-state index contributed by atoms with van der Waals surface area (Å²) in [7, 11) is 0. The van der Waals surface area contributed by atoms with Gasteiger partial charge in [0.25, 0.3) is 0 Å². The van der Waals surface area contributed by atoms with Crippen LogP contribution >= 0.6 is 0 Å². The molecule has 0 amide bonds. The molecule has 1 aliphatic carbocycles. The molecule has 0 saturated carbocycles. The smallest absolute Gasteiger partial charge is 0.178 e. The summed E-state index contributed by atoms with van der Waals surface area (Å²) < 4.78 is 12.4. The third kappa shape index (κ3) is 2.44. The first-order chi connectivity index (χ1) is 12.9. The van der Waals surface area contributed by atoms with Gasteiger partial charge in [0.05, 0.1) is 0 Å². The van der Waals surface area contributed by atoms with Gasteiger partial charge in [0, 0.05) is 5.56 Å². The van der Waals surface area contributed by atoms with Gasteiger partial charge in [-0.1, -0.05) is 60.7 Å². The molecule has 26 heavy (non-hydrogen) atoms. The van der Waals surface area contributed by atoms with Crippen molar-refractivity contribution in [2.45, 2.75) is 0 Å². The molecule has 124 valence electrons. The zero-order valence-corrected chi connectivity index (χ0v) is 14.1. The van der Waals surface area contributed by atoms with Crippen LogP contribution in [0, 0.1) is 0 Å². The lowest BCUT2D eigenvalue weighted by molar-refractivity contribution is 0.420. The summed E-state index contributed by atoms with van der Waals surface area (Å²) >= 11 is 0. The maximum Gasteiger partial charge on any atom is 0.178 e. The van der Waals surface area contributed by atoms with Gasteiger partial charge in [-0.2, -0.15) is 0 Å². The average Bonchev–Trinajstić information content (AvgIpc) is 2.69. The van der Waals surface area contributed by atoms with Crippen molar-refractivity contribution in [1.29, 1.82) is 0 Å². The van der Waals surface area contributed by atoms with Crippen LogP contribution in [0.2, 0.25) is 0 Å². The molecule has 0 radical (unpaired) electrons. The van der Waals surface area contributed by atoms with Gasteiger partial charge < -0.3 is 9.47 Å². The quantitative estimate of drug-likeness (QED) is 0.355. The van der Waals surface area contributed by atoms with E-state index in [1.165, 1.54) is 16.7 Å². The van der Waals surface area contributed by atoms with E-state index in [0.717, 1.165) is 22.8 Å². The second-order valence-electron chi connectivity index (χ2n) is 6.19. The van der Waals surface area contributed by atoms with E-state index in [9.17, 15) is 0 Å². The molecule has 0 atom stereocenters. The third-order valence-electron chi connectivity index (χ3n) is 4.54. The topological polar surface area (TPSA) is 18.5 Å². The molecule has 0 bridgehead atoms. The summed E-state index contributed by atoms with van der Waals surface area (Å²) in [5.74, 6) is 3.06. The molecule has 0 spiro atoms. The molecule has 0 aliphatic heterocycles. The molecule has 0 unspecified atom stereocenters. The summed E-state index contributed by atoms with van der Waals surface area (Å²) in [6.45, 7) is 0. The van der Waals surface area contributed by atoms with Crippen LogP contribution in [0.3, 0.4) is 0 Å². The molecular weight excluding hydrogens is 320 g/mol. The summed E-state index contributed by atoms with van der Waals surface area (Å²) in [5.41, 5.74) is 4.77. The zero-order valence-electron chi connectivity index (χ0n) is 14.1. The second-order valence-corrected chi connectivity index (χ2v) is 6.19. The minimum Gasteiger partial charge on any atom is -0.453 e. The zero-order chi connectivity index (χ0) is 17.3. The SMILES string of the molecule is c1ccc(Oc2ccc3c(c2Oc2ccccc2)-c2ccccc2-3)cc1. The van der Waals surface area contributed by atoms with Crippen LogP contribution < -0.4 is 9.47 Å². The number of ether oxygens (including phenoxy) is 2. The summed E-state index contributed by atoms with van der Waals surface area (Å²) in [6, 6.07) is 32.1. The Bertz CT molecular complexity index is 1070. The molecule has 2 heteroatoms. The number of para-hydroxylation sites is 2. The van der Waals surface area contributed by atoms with Crippen molar-refractivity contribution in [3.63, 3.8) is 0 Å². The van der Waals surface area contributed by atoms with Crippen molar-refractivity contribution in [3.05, 3.63) is 97.1 Å². The highest BCUT2D eigenvalue weighted by Gasteiger charge is 2.29. The molecule has 2 nitrogen and oxygen atoms in total. The highest BCUT2D eigenvalue weighted by Crippen LogP contribution is 2.56. The van der Waals surface area contributed by atoms with Crippen LogP contribution in [-0.4, -0.2) is 0 Å². The first-order valence-electron chi connectivity index (χ1n) is 8.63. The van der Waals surface area contributed by atoms with Crippen molar-refractivity contribution in [2.75, 3.05) is 0 Å². The molecule has 0 fully saturated rings. The molecule has 1 aliphatic rings. The first-order valence-corrected chi connectivity index (χ1v) is 8.63. The van der Waals surface area contributed by atoms with Crippen LogP contribution in [0.25, 0.3) is 22.3 Å². The summed E-state index contributed by atoms with van der Waals surface area (Å²) in [5, 5.41) is 0. The fraction of sp³-hybridized carbons (Fsp3) is 0. The van der Waals surface area contributed by atoms with Crippen molar-refractivity contribution >= 4 is 0 Å². The van der Waals surface area contributed by atoms with E-state index in [4.69, 9.17) is 9.47 Å². The van der Waals surface area contributed by atoms with Crippen molar-refractivity contribution in [1.82, 2.24) is 0 Å². The fourth-order valence-electron chi connectivity index (χ4n) is 3.33. The molecule has 4 aromatic rings. The van der Waals surface area contributed by atoms with E-state index in [-0.39, 0.29) is 0 Å². The van der Waals surface area contributed by atoms with Gasteiger partial charge in [0.1, 0.15) is 11.5 Å². The van der Waals surface area contributed by atoms with Crippen LogP contribution in [-0.2, 0) is 0 Å². The van der Waals surface area contributed by atoms with E-state index in [0.29, 0.717) is 5.75 Å². The Morgan fingerprint density at radius 2 is 1.00 bits per heavy atom. The predicted molar refractivity (Wildman–Crippen MR) is 104 cm³/mol. The lowest BCUT2D eigenvalue weighted by Crippen LogP contribution is -2.02. The second kappa shape index (κ2) is 6.08. The standard InChI is InChI=1S/C24H16O2/c1-3-9-17(10-4-1)25-22-16-15-21-19-13-7-8-14-20(19)23(21)24(22)26-18-11-5-2-6-12-18/h1-16H. The average molecular weight is 336 g/mol. The Balaban J connectivity index is 1.62. The van der Waals surface area contributed by atoms with E-state index in [1.807, 2.05) is 66.7 Å². The molecule has 0 aromatic heterocycles. The van der Waals surface area contributed by atoms with Crippen LogP contribution in [0.5, 0.6) is 23.0 Å². The highest BCUT2D eigenvalue weighted by molar-refractivity contribution is 6.06. The first kappa shape index (κ1) is 14.8. The molecule has 5 rings (SSSR count). The minimum absolute atomic E-state index is 0.716. The van der Waals surface area contributed by atoms with Crippen LogP contribution in [0.15, 0.2) is 97.1 Å². The number of rotatable bonds is 4. The Morgan fingerprint density at radius 1 is 0.423 bits per heavy atom. The van der Waals surface area contributed by atoms with Crippen molar-refractivity contribution in [3.8, 4) is 45.3 Å². The Kier molecular flexibility index (Phi) is 3.46. The lowest BCUT2D eigenvalue weighted by Gasteiger charge is -2.27. The maximum atomic E-state index is 6.28. The van der Waals surface area contributed by atoms with Gasteiger partial charge in [-0.05, 0) is 53.1 Å². The van der Waals surface area contributed by atoms with Crippen molar-refractivity contribution < 1.29 is 9.47 Å². The number of hydrogen-bond donors (Lipinski definition) is 0. The van der Waals surface area contributed by atoms with Gasteiger partial charge >= 0.3 is 0 Å².